The van der Waals surface area contributed by atoms with Gasteiger partial charge in [0.1, 0.15) is 11.4 Å². The molecule has 0 aromatic heterocycles. The molecule has 1 amide bonds. The van der Waals surface area contributed by atoms with E-state index in [0.29, 0.717) is 18.7 Å². The van der Waals surface area contributed by atoms with Crippen LogP contribution in [0.25, 0.3) is 11.1 Å². The molecule has 3 aromatic rings. The topological polar surface area (TPSA) is 94.1 Å². The number of carbonyl (C=O) groups excluding carboxylic acids is 1. The molecule has 0 saturated carbocycles. The maximum absolute atomic E-state index is 11.9. The van der Waals surface area contributed by atoms with Gasteiger partial charge < -0.3 is 25.2 Å². The predicted octanol–water partition coefficient (Wildman–Crippen LogP) is 5.67. The second-order valence-electron chi connectivity index (χ2n) is 8.71. The van der Waals surface area contributed by atoms with E-state index in [0.717, 1.165) is 27.8 Å². The minimum absolute atomic E-state index is 0.144. The van der Waals surface area contributed by atoms with Crippen LogP contribution < -0.4 is 15.3 Å². The number of methoxy groups -OCH3 is 1. The molecule has 33 heavy (non-hydrogen) atoms. The summed E-state index contributed by atoms with van der Waals surface area (Å²) < 4.78 is 10.8. The molecule has 0 fully saturated rings. The molecule has 0 aliphatic rings. The van der Waals surface area contributed by atoms with Crippen LogP contribution in [0.1, 0.15) is 37.5 Å². The molecule has 174 valence electrons. The summed E-state index contributed by atoms with van der Waals surface area (Å²) in [6.45, 7) is 5.85. The Hall–Kier alpha value is -3.55. The first-order valence-corrected chi connectivity index (χ1v) is 10.6. The van der Waals surface area contributed by atoms with Gasteiger partial charge in [-0.3, -0.25) is 5.21 Å². The van der Waals surface area contributed by atoms with E-state index < -0.39 is 11.7 Å². The first-order chi connectivity index (χ1) is 15.6. The van der Waals surface area contributed by atoms with Crippen LogP contribution in [0.4, 0.5) is 10.5 Å². The van der Waals surface area contributed by atoms with Crippen molar-refractivity contribution in [1.82, 2.24) is 5.32 Å². The lowest BCUT2D eigenvalue weighted by molar-refractivity contribution is 0.0523. The summed E-state index contributed by atoms with van der Waals surface area (Å²) in [5.74, 6) is 0.668. The average molecular weight is 450 g/mol. The number of anilines is 1. The average Bonchev–Trinajstić information content (AvgIpc) is 2.77. The minimum atomic E-state index is -0.541. The first-order valence-electron chi connectivity index (χ1n) is 10.6. The number of hydrogen-bond donors (Lipinski definition) is 2. The highest BCUT2D eigenvalue weighted by Gasteiger charge is 2.15. The van der Waals surface area contributed by atoms with Crippen LogP contribution in [0.3, 0.4) is 0 Å². The Morgan fingerprint density at radius 2 is 1.70 bits per heavy atom. The number of carbonyl (C=O) groups is 1. The van der Waals surface area contributed by atoms with Crippen molar-refractivity contribution in [2.24, 2.45) is 0 Å². The second-order valence-corrected chi connectivity index (χ2v) is 8.71. The summed E-state index contributed by atoms with van der Waals surface area (Å²) in [4.78, 5) is 11.9. The molecule has 0 heterocycles. The fraction of sp³-hybridized carbons (Fsp3) is 0.269. The maximum Gasteiger partial charge on any atom is 0.407 e. The van der Waals surface area contributed by atoms with Crippen molar-refractivity contribution < 1.29 is 19.5 Å². The quantitative estimate of drug-likeness (QED) is 0.451. The van der Waals surface area contributed by atoms with E-state index in [2.05, 4.69) is 5.32 Å². The van der Waals surface area contributed by atoms with E-state index in [1.54, 1.807) is 19.2 Å². The number of benzene rings is 3. The third-order valence-corrected chi connectivity index (χ3v) is 4.88. The largest absolute Gasteiger partial charge is 0.733 e. The van der Waals surface area contributed by atoms with Gasteiger partial charge in [-0.05, 0) is 73.7 Å². The lowest BCUT2D eigenvalue weighted by Gasteiger charge is -2.22. The predicted molar refractivity (Wildman–Crippen MR) is 128 cm³/mol. The van der Waals surface area contributed by atoms with Crippen molar-refractivity contribution in [3.63, 3.8) is 0 Å². The summed E-state index contributed by atoms with van der Waals surface area (Å²) in [5.41, 5.74) is 4.29. The second kappa shape index (κ2) is 10.4. The molecule has 0 spiro atoms. The van der Waals surface area contributed by atoms with Crippen molar-refractivity contribution in [2.75, 3.05) is 12.3 Å². The standard InChI is InChI=1S/C26H29N2O5/c1-26(2,3)33-25(29)27-17-20-8-5-7-18(14-20)13-19-11-12-24(32-4)23(15-19)21-9-6-10-22(16-21)28(30)31/h5-12,14-16,30H,13,17H2,1-4H3,(H,27,29)/q-1. The van der Waals surface area contributed by atoms with Crippen molar-refractivity contribution in [3.05, 3.63) is 88.6 Å². The zero-order valence-electron chi connectivity index (χ0n) is 19.3. The highest BCUT2D eigenvalue weighted by atomic mass is 16.8. The Morgan fingerprint density at radius 1 is 1.00 bits per heavy atom. The van der Waals surface area contributed by atoms with Gasteiger partial charge >= 0.3 is 6.09 Å². The molecule has 0 aliphatic carbocycles. The van der Waals surface area contributed by atoms with Crippen molar-refractivity contribution in [3.8, 4) is 16.9 Å². The van der Waals surface area contributed by atoms with E-state index in [9.17, 15) is 15.2 Å². The molecule has 0 saturated heterocycles. The van der Waals surface area contributed by atoms with E-state index >= 15 is 0 Å². The van der Waals surface area contributed by atoms with Crippen LogP contribution in [0.2, 0.25) is 0 Å². The fourth-order valence-corrected chi connectivity index (χ4v) is 3.46. The van der Waals surface area contributed by atoms with Crippen molar-refractivity contribution in [1.29, 1.82) is 0 Å². The Labute approximate surface area is 194 Å². The van der Waals surface area contributed by atoms with E-state index in [1.165, 1.54) is 6.07 Å². The van der Waals surface area contributed by atoms with Gasteiger partial charge in [-0.15, -0.1) is 0 Å². The SMILES string of the molecule is COc1ccc(Cc2cccc(CNC(=O)OC(C)(C)C)c2)cc1-c1cccc(N([O-])O)c1. The molecule has 2 N–H and O–H groups in total. The molecule has 0 bridgehead atoms. The first kappa shape index (κ1) is 24.1. The van der Waals surface area contributed by atoms with Gasteiger partial charge in [0.2, 0.25) is 0 Å². The van der Waals surface area contributed by atoms with Gasteiger partial charge in [0.05, 0.1) is 12.8 Å². The normalized spacial score (nSPS) is 11.1. The van der Waals surface area contributed by atoms with Crippen molar-refractivity contribution in [2.45, 2.75) is 39.3 Å². The summed E-state index contributed by atoms with van der Waals surface area (Å²) in [6.07, 6.45) is 0.222. The minimum Gasteiger partial charge on any atom is -0.733 e. The molecule has 7 nitrogen and oxygen atoms in total. The van der Waals surface area contributed by atoms with Crippen LogP contribution in [-0.2, 0) is 17.7 Å². The van der Waals surface area contributed by atoms with E-state index in [1.807, 2.05) is 69.3 Å². The summed E-state index contributed by atoms with van der Waals surface area (Å²) in [6, 6.07) is 20.6. The number of nitrogens with one attached hydrogen (secondary N) is 1. The molecule has 0 atom stereocenters. The van der Waals surface area contributed by atoms with Crippen LogP contribution >= 0.6 is 0 Å². The molecule has 3 aromatic carbocycles. The smallest absolute Gasteiger partial charge is 0.407 e. The van der Waals surface area contributed by atoms with E-state index in [4.69, 9.17) is 9.47 Å². The fourth-order valence-electron chi connectivity index (χ4n) is 3.46. The molecule has 0 unspecified atom stereocenters. The lowest BCUT2D eigenvalue weighted by Crippen LogP contribution is -2.32. The molecule has 3 rings (SSSR count). The van der Waals surface area contributed by atoms with E-state index in [-0.39, 0.29) is 10.9 Å². The molecule has 7 heteroatoms. The number of nitrogens with zero attached hydrogens (tertiary/aromatic N) is 1. The summed E-state index contributed by atoms with van der Waals surface area (Å²) in [7, 11) is 1.59. The van der Waals surface area contributed by atoms with Gasteiger partial charge in [0.15, 0.2) is 0 Å². The van der Waals surface area contributed by atoms with Crippen molar-refractivity contribution >= 4 is 11.8 Å². The summed E-state index contributed by atoms with van der Waals surface area (Å²) >= 11 is 0. The van der Waals surface area contributed by atoms with Gasteiger partial charge in [-0.2, -0.15) is 0 Å². The Bertz CT molecular complexity index is 1110. The van der Waals surface area contributed by atoms with Crippen LogP contribution in [0.15, 0.2) is 66.7 Å². The van der Waals surface area contributed by atoms with Gasteiger partial charge in [0.25, 0.3) is 0 Å². The van der Waals surface area contributed by atoms with Gasteiger partial charge in [-0.1, -0.05) is 42.5 Å². The highest BCUT2D eigenvalue weighted by molar-refractivity contribution is 5.74. The highest BCUT2D eigenvalue weighted by Crippen LogP contribution is 2.33. The number of rotatable bonds is 7. The number of alkyl carbamates (subject to hydrolysis) is 1. The zero-order valence-corrected chi connectivity index (χ0v) is 19.3. The molecule has 0 radical (unpaired) electrons. The molecule has 0 aliphatic heterocycles. The molecular weight excluding hydrogens is 420 g/mol. The van der Waals surface area contributed by atoms with Gasteiger partial charge in [-0.25, -0.2) is 4.79 Å². The number of ether oxygens (including phenoxy) is 2. The van der Waals surface area contributed by atoms with Crippen LogP contribution in [0, 0.1) is 5.21 Å². The van der Waals surface area contributed by atoms with Crippen LogP contribution in [-0.4, -0.2) is 24.0 Å². The Kier molecular flexibility index (Phi) is 7.58. The van der Waals surface area contributed by atoms with Crippen LogP contribution in [0.5, 0.6) is 5.75 Å². The Balaban J connectivity index is 1.77. The van der Waals surface area contributed by atoms with Gasteiger partial charge in [0, 0.05) is 12.1 Å². The maximum atomic E-state index is 11.9. The third-order valence-electron chi connectivity index (χ3n) is 4.88. The Morgan fingerprint density at radius 3 is 2.39 bits per heavy atom. The zero-order chi connectivity index (χ0) is 24.0. The number of hydrogen-bond acceptors (Lipinski definition) is 6. The third kappa shape index (κ3) is 6.97. The molecular formula is C26H29N2O5-. The summed E-state index contributed by atoms with van der Waals surface area (Å²) in [5, 5.41) is 23.2. The lowest BCUT2D eigenvalue weighted by atomic mass is 9.97. The monoisotopic (exact) mass is 449 g/mol. The number of amides is 1.